The molecule has 8 aromatic rings. The summed E-state index contributed by atoms with van der Waals surface area (Å²) in [7, 11) is 1.19. The predicted octanol–water partition coefficient (Wildman–Crippen LogP) is 17.5. The van der Waals surface area contributed by atoms with Crippen LogP contribution in [0.3, 0.4) is 0 Å². The molecule has 2 atom stereocenters. The Bertz CT molecular complexity index is 4450. The molecule has 0 bridgehead atoms. The van der Waals surface area contributed by atoms with E-state index in [0.29, 0.717) is 64.4 Å². The Labute approximate surface area is 563 Å². The van der Waals surface area contributed by atoms with Crippen LogP contribution in [-0.4, -0.2) is 74.7 Å². The molecule has 8 aromatic carbocycles. The fourth-order valence-electron chi connectivity index (χ4n) is 16.4. The number of nitrogens with zero attached hydrogens (tertiary/aromatic N) is 4. The largest absolute Gasteiger partial charge is 0.478 e. The molecule has 0 saturated carbocycles. The van der Waals surface area contributed by atoms with Gasteiger partial charge >= 0.3 is 0 Å². The zero-order valence-electron chi connectivity index (χ0n) is 58.2. The van der Waals surface area contributed by atoms with Crippen molar-refractivity contribution in [3.8, 4) is 56.8 Å². The Hall–Kier alpha value is -7.14. The normalized spacial score (nSPS) is 19.7. The second-order valence-electron chi connectivity index (χ2n) is 29.8. The third-order valence-corrected chi connectivity index (χ3v) is 29.2. The molecular weight excluding hydrogens is 1220 g/mol. The van der Waals surface area contributed by atoms with E-state index in [0.717, 1.165) is 128 Å². The minimum atomic E-state index is -3.64. The van der Waals surface area contributed by atoms with Gasteiger partial charge in [-0.1, -0.05) is 139 Å². The van der Waals surface area contributed by atoms with Gasteiger partial charge in [-0.15, -0.1) is 0 Å². The Balaban J connectivity index is 0.876. The molecule has 6 aliphatic rings. The van der Waals surface area contributed by atoms with Crippen LogP contribution in [0.4, 0.5) is 0 Å². The molecule has 0 aliphatic carbocycles. The van der Waals surface area contributed by atoms with Crippen LogP contribution in [0, 0.1) is 0 Å². The summed E-state index contributed by atoms with van der Waals surface area (Å²) in [4.78, 5) is 8.92. The quantitative estimate of drug-likeness (QED) is 0.0861. The zero-order valence-corrected chi connectivity index (χ0v) is 60.0. The zero-order chi connectivity index (χ0) is 66.8. The van der Waals surface area contributed by atoms with Gasteiger partial charge in [0.2, 0.25) is 0 Å². The van der Waals surface area contributed by atoms with Crippen molar-refractivity contribution in [2.45, 2.75) is 160 Å². The maximum absolute atomic E-state index is 16.3. The molecule has 2 unspecified atom stereocenters. The minimum Gasteiger partial charge on any atom is -0.478 e. The highest BCUT2D eigenvalue weighted by Gasteiger charge is 2.53. The van der Waals surface area contributed by atoms with Gasteiger partial charge in [-0.2, -0.15) is 0 Å². The van der Waals surface area contributed by atoms with Crippen LogP contribution in [0.25, 0.3) is 22.3 Å². The summed E-state index contributed by atoms with van der Waals surface area (Å²) in [5.41, 5.74) is 16.0. The number of para-hydroxylation sites is 2. The van der Waals surface area contributed by atoms with Crippen LogP contribution < -0.4 is 38.6 Å². The summed E-state index contributed by atoms with van der Waals surface area (Å²) in [5.74, 6) is 5.07. The van der Waals surface area contributed by atoms with E-state index >= 15 is 9.13 Å². The van der Waals surface area contributed by atoms with Crippen molar-refractivity contribution < 1.29 is 37.1 Å². The average molecular weight is 1310 g/mol. The first-order valence-electron chi connectivity index (χ1n) is 34.3. The lowest BCUT2D eigenvalue weighted by molar-refractivity contribution is 0.116. The van der Waals surface area contributed by atoms with E-state index in [1.54, 1.807) is 0 Å². The number of rotatable bonds is 16. The molecule has 6 aliphatic heterocycles. The SMILES string of the molecule is CCC(CC)(Cc1cc(C(C)(C)P2(=O)Oc3ccccc3-c3ccccc32)cc2c1OCN(C)C2)c1cc(C(C)(C)c2cc3c(c(CC(CC)(CC)c4cc(C(C)(C)P5(=O)Oc6ccccc6-c6ccccc65)cc5c4OCN(C)C5)c2)OCN(C)C3)cc2c1OCN(C)C2. The average Bonchev–Trinajstić information content (AvgIpc) is 0.723. The van der Waals surface area contributed by atoms with Gasteiger partial charge in [-0.3, -0.25) is 28.7 Å². The number of ether oxygens (including phenoxy) is 4. The van der Waals surface area contributed by atoms with Crippen LogP contribution in [0.1, 0.15) is 162 Å². The fourth-order valence-corrected chi connectivity index (χ4v) is 21.7. The van der Waals surface area contributed by atoms with E-state index in [4.69, 9.17) is 28.0 Å². The van der Waals surface area contributed by atoms with E-state index in [-0.39, 0.29) is 0 Å². The highest BCUT2D eigenvalue weighted by Crippen LogP contribution is 2.69. The van der Waals surface area contributed by atoms with E-state index in [2.05, 4.69) is 190 Å². The molecule has 95 heavy (non-hydrogen) atoms. The standard InChI is InChI=1S/C81H94N4O8P2/c1-15-80(16-2,44-54-36-61(39-56-46-83(12)50-89-74(54)56)78(7,8)94(86)71-33-25-21-29-65(71)63-27-19-23-31-69(63)92-94)67-41-60(38-57-47-84(13)51-90-75(57)67)77(5,6)59-35-53(73-55(37-59)45-82(11)49-88-73)43-81(17-3,18-4)68-42-62(40-58-48-85(14)52-91-76(58)68)79(9,10)95(87)72-34-26-22-30-66(72)64-28-20-24-32-70(64)93-95/h19-42H,15-18,43-52H2,1-14H3. The van der Waals surface area contributed by atoms with Gasteiger partial charge in [-0.25, -0.2) is 0 Å². The molecule has 0 radical (unpaired) electrons. The van der Waals surface area contributed by atoms with Crippen molar-refractivity contribution in [2.24, 2.45) is 0 Å². The maximum atomic E-state index is 16.3. The molecule has 0 aromatic heterocycles. The number of fused-ring (bicyclic) bond motifs is 10. The number of hydrogen-bond donors (Lipinski definition) is 0. The molecule has 14 heteroatoms. The smallest absolute Gasteiger partial charge is 0.287 e. The minimum absolute atomic E-state index is 0.407. The molecule has 0 saturated heterocycles. The summed E-state index contributed by atoms with van der Waals surface area (Å²) < 4.78 is 74.0. The molecule has 14 rings (SSSR count). The molecule has 496 valence electrons. The fraction of sp³-hybridized carbons (Fsp3) is 0.407. The van der Waals surface area contributed by atoms with Crippen molar-refractivity contribution in [1.29, 1.82) is 0 Å². The van der Waals surface area contributed by atoms with Crippen LogP contribution in [-0.2, 0) is 74.7 Å². The monoisotopic (exact) mass is 1310 g/mol. The number of hydrogen-bond acceptors (Lipinski definition) is 12. The molecular formula is C81H94N4O8P2. The van der Waals surface area contributed by atoms with E-state index in [9.17, 15) is 0 Å². The highest BCUT2D eigenvalue weighted by atomic mass is 31.2. The van der Waals surface area contributed by atoms with Crippen molar-refractivity contribution >= 4 is 25.3 Å². The third kappa shape index (κ3) is 10.6. The van der Waals surface area contributed by atoms with Gasteiger partial charge < -0.3 is 28.0 Å². The second-order valence-corrected chi connectivity index (χ2v) is 35.6. The first-order valence-corrected chi connectivity index (χ1v) is 37.6. The van der Waals surface area contributed by atoms with E-state index < -0.39 is 41.3 Å². The van der Waals surface area contributed by atoms with Crippen molar-refractivity contribution in [1.82, 2.24) is 19.6 Å². The Morgan fingerprint density at radius 1 is 0.379 bits per heavy atom. The molecule has 0 fully saturated rings. The lowest BCUT2D eigenvalue weighted by Crippen LogP contribution is -2.36. The molecule has 12 nitrogen and oxygen atoms in total. The Morgan fingerprint density at radius 2 is 0.684 bits per heavy atom. The van der Waals surface area contributed by atoms with Gasteiger partial charge in [-0.05, 0) is 187 Å². The lowest BCUT2D eigenvalue weighted by Gasteiger charge is -2.42. The summed E-state index contributed by atoms with van der Waals surface area (Å²) in [6.45, 7) is 27.3. The third-order valence-electron chi connectivity index (χ3n) is 22.8. The van der Waals surface area contributed by atoms with Gasteiger partial charge in [0.05, 0.1) is 20.9 Å². The molecule has 0 amide bonds. The van der Waals surface area contributed by atoms with Gasteiger partial charge in [0.15, 0.2) is 0 Å². The summed E-state index contributed by atoms with van der Waals surface area (Å²) in [5, 5.41) is -0.384. The topological polar surface area (TPSA) is 102 Å². The molecule has 0 spiro atoms. The van der Waals surface area contributed by atoms with Gasteiger partial charge in [0.1, 0.15) is 61.4 Å². The molecule has 0 N–H and O–H groups in total. The second kappa shape index (κ2) is 24.1. The van der Waals surface area contributed by atoms with Crippen molar-refractivity contribution in [3.05, 3.63) is 212 Å². The lowest BCUT2D eigenvalue weighted by atomic mass is 9.67. The van der Waals surface area contributed by atoms with Crippen LogP contribution in [0.5, 0.6) is 34.5 Å². The van der Waals surface area contributed by atoms with E-state index in [1.807, 2.05) is 72.8 Å². The highest BCUT2D eigenvalue weighted by molar-refractivity contribution is 7.69. The molecule has 6 heterocycles. The Morgan fingerprint density at radius 3 is 1.08 bits per heavy atom. The predicted molar refractivity (Wildman–Crippen MR) is 383 cm³/mol. The number of benzene rings is 8. The van der Waals surface area contributed by atoms with Crippen LogP contribution in [0.2, 0.25) is 0 Å². The maximum Gasteiger partial charge on any atom is 0.287 e. The summed E-state index contributed by atoms with van der Waals surface area (Å²) in [6.07, 6.45) is 4.69. The van der Waals surface area contributed by atoms with Crippen molar-refractivity contribution in [2.75, 3.05) is 55.1 Å². The van der Waals surface area contributed by atoms with Crippen LogP contribution >= 0.6 is 14.7 Å². The van der Waals surface area contributed by atoms with E-state index in [1.165, 1.54) is 33.4 Å². The Kier molecular flexibility index (Phi) is 16.6. The van der Waals surface area contributed by atoms with Crippen molar-refractivity contribution in [3.63, 3.8) is 0 Å². The summed E-state index contributed by atoms with van der Waals surface area (Å²) in [6, 6.07) is 51.1. The van der Waals surface area contributed by atoms with Gasteiger partial charge in [0, 0.05) is 86.9 Å². The first-order chi connectivity index (χ1) is 45.4. The first kappa shape index (κ1) is 65.2. The van der Waals surface area contributed by atoms with Gasteiger partial charge in [0.25, 0.3) is 14.7 Å². The van der Waals surface area contributed by atoms with Crippen LogP contribution in [0.15, 0.2) is 146 Å². The summed E-state index contributed by atoms with van der Waals surface area (Å²) >= 11 is 0.